The molecule has 0 N–H and O–H groups in total. The van der Waals surface area contributed by atoms with E-state index in [4.69, 9.17) is 9.47 Å². The molecule has 0 amide bonds. The van der Waals surface area contributed by atoms with E-state index in [1.54, 1.807) is 18.2 Å². The van der Waals surface area contributed by atoms with Gasteiger partial charge in [0.05, 0.1) is 11.7 Å². The van der Waals surface area contributed by atoms with Gasteiger partial charge in [-0.25, -0.2) is 4.79 Å². The lowest BCUT2D eigenvalue weighted by atomic mass is 10.2. The second kappa shape index (κ2) is 5.95. The number of hydrogen-bond acceptors (Lipinski definition) is 3. The zero-order valence-electron chi connectivity index (χ0n) is 9.60. The molecule has 0 fully saturated rings. The van der Waals surface area contributed by atoms with E-state index in [1.165, 1.54) is 6.08 Å². The summed E-state index contributed by atoms with van der Waals surface area (Å²) in [5, 5.41) is 0. The molecule has 0 aliphatic carbocycles. The summed E-state index contributed by atoms with van der Waals surface area (Å²) in [6.07, 6.45) is 1.62. The van der Waals surface area contributed by atoms with Crippen molar-refractivity contribution in [2.24, 2.45) is 0 Å². The van der Waals surface area contributed by atoms with Crippen LogP contribution in [0.2, 0.25) is 0 Å². The van der Waals surface area contributed by atoms with Crippen LogP contribution in [-0.4, -0.2) is 18.7 Å². The highest BCUT2D eigenvalue weighted by Gasteiger charge is 2.07. The van der Waals surface area contributed by atoms with Crippen molar-refractivity contribution in [1.82, 2.24) is 0 Å². The Kier molecular flexibility index (Phi) is 4.58. The summed E-state index contributed by atoms with van der Waals surface area (Å²) in [6.45, 7) is 7.56. The van der Waals surface area contributed by atoms with Gasteiger partial charge < -0.3 is 9.47 Å². The van der Waals surface area contributed by atoms with E-state index in [1.807, 2.05) is 19.9 Å². The van der Waals surface area contributed by atoms with Crippen molar-refractivity contribution < 1.29 is 14.3 Å². The minimum atomic E-state index is -0.367. The van der Waals surface area contributed by atoms with Crippen molar-refractivity contribution in [2.75, 3.05) is 6.61 Å². The van der Waals surface area contributed by atoms with Gasteiger partial charge in [0, 0.05) is 0 Å². The third-order valence-corrected chi connectivity index (χ3v) is 1.77. The molecule has 0 heterocycles. The average Bonchev–Trinajstić information content (AvgIpc) is 2.25. The zero-order valence-corrected chi connectivity index (χ0v) is 9.60. The molecule has 3 nitrogen and oxygen atoms in total. The Bertz CT molecular complexity index is 369. The Balaban J connectivity index is 2.73. The fraction of sp³-hybridized carbons (Fsp3) is 0.308. The summed E-state index contributed by atoms with van der Waals surface area (Å²) in [4.78, 5) is 11.5. The first-order valence-corrected chi connectivity index (χ1v) is 5.18. The maximum Gasteiger partial charge on any atom is 0.338 e. The summed E-state index contributed by atoms with van der Waals surface area (Å²) in [5.41, 5.74) is 0.486. The van der Waals surface area contributed by atoms with Gasteiger partial charge in [-0.3, -0.25) is 0 Å². The predicted octanol–water partition coefficient (Wildman–Crippen LogP) is 2.82. The fourth-order valence-electron chi connectivity index (χ4n) is 1.19. The van der Waals surface area contributed by atoms with Crippen molar-refractivity contribution in [3.05, 3.63) is 42.5 Å². The number of hydrogen-bond donors (Lipinski definition) is 0. The van der Waals surface area contributed by atoms with E-state index < -0.39 is 0 Å². The van der Waals surface area contributed by atoms with Gasteiger partial charge in [0.2, 0.25) is 0 Å². The van der Waals surface area contributed by atoms with Crippen molar-refractivity contribution in [3.8, 4) is 5.75 Å². The quantitative estimate of drug-likeness (QED) is 0.565. The topological polar surface area (TPSA) is 35.5 Å². The summed E-state index contributed by atoms with van der Waals surface area (Å²) in [6, 6.07) is 6.94. The normalized spacial score (nSPS) is 9.94. The number of esters is 1. The summed E-state index contributed by atoms with van der Waals surface area (Å²) < 4.78 is 10.4. The molecule has 0 aliphatic rings. The smallest absolute Gasteiger partial charge is 0.338 e. The minimum Gasteiger partial charge on any atom is -0.491 e. The van der Waals surface area contributed by atoms with Crippen LogP contribution in [0, 0.1) is 0 Å². The van der Waals surface area contributed by atoms with Gasteiger partial charge in [0.15, 0.2) is 0 Å². The van der Waals surface area contributed by atoms with Crippen molar-refractivity contribution >= 4 is 5.97 Å². The Labute approximate surface area is 95.7 Å². The van der Waals surface area contributed by atoms with Gasteiger partial charge in [-0.05, 0) is 32.0 Å². The highest BCUT2D eigenvalue weighted by atomic mass is 16.5. The standard InChI is InChI=1S/C13H16O3/c1-4-8-15-13(14)11-6-5-7-12(9-11)16-10(2)3/h4-7,9-10H,1,8H2,2-3H3. The van der Waals surface area contributed by atoms with Gasteiger partial charge in [0.1, 0.15) is 12.4 Å². The van der Waals surface area contributed by atoms with Crippen LogP contribution in [-0.2, 0) is 4.74 Å². The molecule has 3 heteroatoms. The van der Waals surface area contributed by atoms with Gasteiger partial charge in [-0.1, -0.05) is 18.7 Å². The van der Waals surface area contributed by atoms with E-state index in [9.17, 15) is 4.79 Å². The molecule has 86 valence electrons. The third-order valence-electron chi connectivity index (χ3n) is 1.77. The molecule has 1 aromatic carbocycles. The number of carbonyl (C=O) groups is 1. The summed E-state index contributed by atoms with van der Waals surface area (Å²) in [5.74, 6) is 0.303. The van der Waals surface area contributed by atoms with Gasteiger partial charge in [-0.15, -0.1) is 0 Å². The number of rotatable bonds is 5. The first kappa shape index (κ1) is 12.3. The van der Waals surface area contributed by atoms with Crippen LogP contribution in [0.5, 0.6) is 5.75 Å². The molecule has 0 radical (unpaired) electrons. The molecule has 0 unspecified atom stereocenters. The zero-order chi connectivity index (χ0) is 12.0. The Morgan fingerprint density at radius 2 is 2.25 bits per heavy atom. The third kappa shape index (κ3) is 3.77. The Hall–Kier alpha value is -1.77. The molecule has 0 saturated heterocycles. The number of ether oxygens (including phenoxy) is 2. The van der Waals surface area contributed by atoms with E-state index in [0.717, 1.165) is 0 Å². The van der Waals surface area contributed by atoms with Gasteiger partial charge in [-0.2, -0.15) is 0 Å². The minimum absolute atomic E-state index is 0.0828. The first-order chi connectivity index (χ1) is 7.63. The first-order valence-electron chi connectivity index (χ1n) is 5.18. The maximum absolute atomic E-state index is 11.5. The molecular weight excluding hydrogens is 204 g/mol. The molecule has 1 rings (SSSR count). The summed E-state index contributed by atoms with van der Waals surface area (Å²) >= 11 is 0. The molecule has 0 aliphatic heterocycles. The lowest BCUT2D eigenvalue weighted by Crippen LogP contribution is -2.08. The molecule has 0 aromatic heterocycles. The molecule has 0 bridgehead atoms. The number of carbonyl (C=O) groups excluding carboxylic acids is 1. The van der Waals surface area contributed by atoms with Crippen LogP contribution in [0.15, 0.2) is 36.9 Å². The number of benzene rings is 1. The van der Waals surface area contributed by atoms with E-state index in [0.29, 0.717) is 11.3 Å². The van der Waals surface area contributed by atoms with E-state index >= 15 is 0 Å². The van der Waals surface area contributed by atoms with Crippen LogP contribution in [0.25, 0.3) is 0 Å². The van der Waals surface area contributed by atoms with Gasteiger partial charge >= 0.3 is 5.97 Å². The maximum atomic E-state index is 11.5. The molecule has 0 atom stereocenters. The lowest BCUT2D eigenvalue weighted by Gasteiger charge is -2.10. The Morgan fingerprint density at radius 1 is 1.50 bits per heavy atom. The SMILES string of the molecule is C=CCOC(=O)c1cccc(OC(C)C)c1. The lowest BCUT2D eigenvalue weighted by molar-refractivity contribution is 0.0549. The molecule has 0 saturated carbocycles. The van der Waals surface area contributed by atoms with Crippen LogP contribution in [0.3, 0.4) is 0 Å². The van der Waals surface area contributed by atoms with Crippen molar-refractivity contribution in [1.29, 1.82) is 0 Å². The Morgan fingerprint density at radius 3 is 2.88 bits per heavy atom. The largest absolute Gasteiger partial charge is 0.491 e. The molecular formula is C13H16O3. The van der Waals surface area contributed by atoms with E-state index in [2.05, 4.69) is 6.58 Å². The molecule has 1 aromatic rings. The van der Waals surface area contributed by atoms with Crippen LogP contribution < -0.4 is 4.74 Å². The second-order valence-corrected chi connectivity index (χ2v) is 3.58. The van der Waals surface area contributed by atoms with Crippen molar-refractivity contribution in [3.63, 3.8) is 0 Å². The van der Waals surface area contributed by atoms with Crippen molar-refractivity contribution in [2.45, 2.75) is 20.0 Å². The highest BCUT2D eigenvalue weighted by Crippen LogP contribution is 2.15. The predicted molar refractivity (Wildman–Crippen MR) is 62.7 cm³/mol. The van der Waals surface area contributed by atoms with Crippen LogP contribution in [0.4, 0.5) is 0 Å². The second-order valence-electron chi connectivity index (χ2n) is 3.58. The van der Waals surface area contributed by atoms with Crippen LogP contribution in [0.1, 0.15) is 24.2 Å². The summed E-state index contributed by atoms with van der Waals surface area (Å²) in [7, 11) is 0. The molecule has 0 spiro atoms. The monoisotopic (exact) mass is 220 g/mol. The van der Waals surface area contributed by atoms with E-state index in [-0.39, 0.29) is 18.7 Å². The fourth-order valence-corrected chi connectivity index (χ4v) is 1.19. The van der Waals surface area contributed by atoms with Gasteiger partial charge in [0.25, 0.3) is 0 Å². The highest BCUT2D eigenvalue weighted by molar-refractivity contribution is 5.89. The average molecular weight is 220 g/mol. The van der Waals surface area contributed by atoms with Crippen LogP contribution >= 0.6 is 0 Å². The molecule has 16 heavy (non-hydrogen) atoms.